The molecule has 2 rings (SSSR count). The van der Waals surface area contributed by atoms with Crippen molar-refractivity contribution < 1.29 is 19.1 Å². The van der Waals surface area contributed by atoms with E-state index in [0.29, 0.717) is 19.5 Å². The van der Waals surface area contributed by atoms with Crippen LogP contribution in [0.2, 0.25) is 0 Å². The Kier molecular flexibility index (Phi) is 4.63. The predicted octanol–water partition coefficient (Wildman–Crippen LogP) is 2.25. The fourth-order valence-electron chi connectivity index (χ4n) is 2.91. The van der Waals surface area contributed by atoms with Gasteiger partial charge in [-0.15, -0.1) is 0 Å². The Labute approximate surface area is 135 Å². The largest absolute Gasteiger partial charge is 0.508 e. The zero-order valence-corrected chi connectivity index (χ0v) is 14.0. The molecule has 0 aromatic heterocycles. The van der Waals surface area contributed by atoms with Gasteiger partial charge in [0.1, 0.15) is 11.6 Å². The summed E-state index contributed by atoms with van der Waals surface area (Å²) in [6, 6.07) is 3.47. The number of halogens is 1. The van der Waals surface area contributed by atoms with E-state index in [1.807, 2.05) is 25.7 Å². The first-order valence-corrected chi connectivity index (χ1v) is 7.64. The van der Waals surface area contributed by atoms with Gasteiger partial charge in [-0.1, -0.05) is 0 Å². The van der Waals surface area contributed by atoms with E-state index in [1.165, 1.54) is 17.0 Å². The fraction of sp³-hybridized carbons (Fsp3) is 0.529. The Balaban J connectivity index is 2.04. The summed E-state index contributed by atoms with van der Waals surface area (Å²) < 4.78 is 13.8. The maximum Gasteiger partial charge on any atom is 0.256 e. The molecule has 1 aromatic carbocycles. The molecule has 1 aliphatic rings. The van der Waals surface area contributed by atoms with Gasteiger partial charge in [0.25, 0.3) is 5.91 Å². The summed E-state index contributed by atoms with van der Waals surface area (Å²) in [6.45, 7) is 6.92. The molecule has 1 aromatic rings. The molecule has 1 heterocycles. The number of carbonyl (C=O) groups is 2. The monoisotopic (exact) mass is 322 g/mol. The quantitative estimate of drug-likeness (QED) is 0.928. The molecule has 6 heteroatoms. The molecule has 1 aliphatic heterocycles. The van der Waals surface area contributed by atoms with Crippen LogP contribution in [0.1, 0.15) is 37.6 Å². The number of likely N-dealkylation sites (tertiary alicyclic amines) is 1. The maximum absolute atomic E-state index is 13.8. The second kappa shape index (κ2) is 6.18. The molecule has 0 bridgehead atoms. The normalized spacial score (nSPS) is 18.4. The van der Waals surface area contributed by atoms with Gasteiger partial charge in [-0.2, -0.15) is 0 Å². The average molecular weight is 322 g/mol. The maximum atomic E-state index is 13.8. The van der Waals surface area contributed by atoms with E-state index >= 15 is 0 Å². The third-order valence-electron chi connectivity index (χ3n) is 4.08. The van der Waals surface area contributed by atoms with Gasteiger partial charge >= 0.3 is 0 Å². The molecule has 0 aliphatic carbocycles. The highest BCUT2D eigenvalue weighted by Crippen LogP contribution is 2.26. The van der Waals surface area contributed by atoms with Crippen LogP contribution >= 0.6 is 0 Å². The number of hydrogen-bond donors (Lipinski definition) is 1. The highest BCUT2D eigenvalue weighted by molar-refractivity contribution is 5.94. The summed E-state index contributed by atoms with van der Waals surface area (Å²) in [4.78, 5) is 27.7. The van der Waals surface area contributed by atoms with Crippen molar-refractivity contribution in [2.45, 2.75) is 32.7 Å². The smallest absolute Gasteiger partial charge is 0.256 e. The zero-order chi connectivity index (χ0) is 17.4. The van der Waals surface area contributed by atoms with Crippen molar-refractivity contribution in [3.63, 3.8) is 0 Å². The number of phenolic OH excluding ortho intramolecular Hbond substituents is 1. The highest BCUT2D eigenvalue weighted by atomic mass is 19.1. The molecule has 1 unspecified atom stereocenters. The van der Waals surface area contributed by atoms with Crippen LogP contribution in [0.4, 0.5) is 4.39 Å². The van der Waals surface area contributed by atoms with Crippen LogP contribution in [0.3, 0.4) is 0 Å². The minimum Gasteiger partial charge on any atom is -0.508 e. The van der Waals surface area contributed by atoms with Crippen molar-refractivity contribution >= 4 is 11.8 Å². The minimum atomic E-state index is -0.749. The van der Waals surface area contributed by atoms with E-state index in [0.717, 1.165) is 6.07 Å². The van der Waals surface area contributed by atoms with Crippen LogP contribution in [0.5, 0.6) is 5.75 Å². The van der Waals surface area contributed by atoms with Crippen LogP contribution < -0.4 is 0 Å². The van der Waals surface area contributed by atoms with Gasteiger partial charge in [-0.25, -0.2) is 4.39 Å². The van der Waals surface area contributed by atoms with E-state index < -0.39 is 11.7 Å². The highest BCUT2D eigenvalue weighted by Gasteiger charge is 2.37. The van der Waals surface area contributed by atoms with Gasteiger partial charge in [0.2, 0.25) is 5.91 Å². The first kappa shape index (κ1) is 17.2. The average Bonchev–Trinajstić information content (AvgIpc) is 2.78. The molecule has 1 saturated heterocycles. The second-order valence-electron chi connectivity index (χ2n) is 7.10. The minimum absolute atomic E-state index is 0.0378. The van der Waals surface area contributed by atoms with Gasteiger partial charge in [-0.3, -0.25) is 9.59 Å². The summed E-state index contributed by atoms with van der Waals surface area (Å²) in [5.41, 5.74) is -0.320. The molecule has 2 amide bonds. The SMILES string of the molecule is CN(CC1CC(=O)N(C(C)(C)C)C1)C(=O)c1ccc(O)cc1F. The molecule has 1 N–H and O–H groups in total. The second-order valence-corrected chi connectivity index (χ2v) is 7.10. The molecule has 5 nitrogen and oxygen atoms in total. The molecule has 23 heavy (non-hydrogen) atoms. The van der Waals surface area contributed by atoms with E-state index in [1.54, 1.807) is 7.05 Å². The van der Waals surface area contributed by atoms with Crippen molar-refractivity contribution in [2.24, 2.45) is 5.92 Å². The van der Waals surface area contributed by atoms with E-state index in [9.17, 15) is 19.1 Å². The van der Waals surface area contributed by atoms with E-state index in [2.05, 4.69) is 0 Å². The Morgan fingerprint density at radius 2 is 2.09 bits per heavy atom. The number of benzene rings is 1. The van der Waals surface area contributed by atoms with Gasteiger partial charge in [0, 0.05) is 44.1 Å². The third kappa shape index (κ3) is 3.81. The van der Waals surface area contributed by atoms with Crippen molar-refractivity contribution in [3.05, 3.63) is 29.6 Å². The van der Waals surface area contributed by atoms with Crippen molar-refractivity contribution in [3.8, 4) is 5.75 Å². The van der Waals surface area contributed by atoms with Gasteiger partial charge < -0.3 is 14.9 Å². The molecule has 126 valence electrons. The van der Waals surface area contributed by atoms with Crippen LogP contribution in [0, 0.1) is 11.7 Å². The topological polar surface area (TPSA) is 60.9 Å². The lowest BCUT2D eigenvalue weighted by Crippen LogP contribution is -2.43. The molecule has 0 saturated carbocycles. The standard InChI is InChI=1S/C17H23FN2O3/c1-17(2,3)20-10-11(7-15(20)22)9-19(4)16(23)13-6-5-12(21)8-14(13)18/h5-6,8,11,21H,7,9-10H2,1-4H3. The fourth-order valence-corrected chi connectivity index (χ4v) is 2.91. The Morgan fingerprint density at radius 1 is 1.43 bits per heavy atom. The lowest BCUT2D eigenvalue weighted by atomic mass is 10.1. The van der Waals surface area contributed by atoms with Gasteiger partial charge in [-0.05, 0) is 32.9 Å². The number of nitrogens with zero attached hydrogens (tertiary/aromatic N) is 2. The first-order chi connectivity index (χ1) is 10.6. The van der Waals surface area contributed by atoms with Gasteiger partial charge in [0.05, 0.1) is 5.56 Å². The van der Waals surface area contributed by atoms with E-state index in [4.69, 9.17) is 0 Å². The lowest BCUT2D eigenvalue weighted by molar-refractivity contribution is -0.131. The molecule has 1 fully saturated rings. The molecule has 1 atom stereocenters. The third-order valence-corrected chi connectivity index (χ3v) is 4.08. The molecule has 0 radical (unpaired) electrons. The van der Waals surface area contributed by atoms with Crippen LogP contribution in [0.15, 0.2) is 18.2 Å². The molecular weight excluding hydrogens is 299 g/mol. The summed E-state index contributed by atoms with van der Waals surface area (Å²) >= 11 is 0. The Hall–Kier alpha value is -2.11. The van der Waals surface area contributed by atoms with Crippen LogP contribution in [-0.4, -0.2) is 52.4 Å². The molecular formula is C17H23FN2O3. The van der Waals surface area contributed by atoms with Crippen LogP contribution in [0.25, 0.3) is 0 Å². The lowest BCUT2D eigenvalue weighted by Gasteiger charge is -2.32. The Bertz CT molecular complexity index is 625. The van der Waals surface area contributed by atoms with E-state index in [-0.39, 0.29) is 28.7 Å². The van der Waals surface area contributed by atoms with Gasteiger partial charge in [0.15, 0.2) is 0 Å². The first-order valence-electron chi connectivity index (χ1n) is 7.64. The summed E-state index contributed by atoms with van der Waals surface area (Å²) in [7, 11) is 1.60. The van der Waals surface area contributed by atoms with Crippen molar-refractivity contribution in [2.75, 3.05) is 20.1 Å². The number of phenols is 1. The summed E-state index contributed by atoms with van der Waals surface area (Å²) in [5, 5.41) is 9.21. The number of hydrogen-bond acceptors (Lipinski definition) is 3. The number of carbonyl (C=O) groups excluding carboxylic acids is 2. The summed E-state index contributed by atoms with van der Waals surface area (Å²) in [6.07, 6.45) is 0.396. The predicted molar refractivity (Wildman–Crippen MR) is 84.6 cm³/mol. The number of aromatic hydroxyl groups is 1. The molecule has 0 spiro atoms. The zero-order valence-electron chi connectivity index (χ0n) is 14.0. The number of rotatable bonds is 3. The number of amides is 2. The Morgan fingerprint density at radius 3 is 2.61 bits per heavy atom. The van der Waals surface area contributed by atoms with Crippen molar-refractivity contribution in [1.82, 2.24) is 9.80 Å². The van der Waals surface area contributed by atoms with Crippen LogP contribution in [-0.2, 0) is 4.79 Å². The van der Waals surface area contributed by atoms with Crippen molar-refractivity contribution in [1.29, 1.82) is 0 Å². The summed E-state index contributed by atoms with van der Waals surface area (Å²) in [5.74, 6) is -1.30.